The van der Waals surface area contributed by atoms with Gasteiger partial charge in [0, 0.05) is 24.5 Å². The van der Waals surface area contributed by atoms with Crippen LogP contribution in [-0.4, -0.2) is 17.3 Å². The first-order valence-electron chi connectivity index (χ1n) is 10.9. The Balaban J connectivity index is 1.62. The Morgan fingerprint density at radius 2 is 1.53 bits per heavy atom. The Hall–Kier alpha value is -3.19. The van der Waals surface area contributed by atoms with Crippen LogP contribution in [0.3, 0.4) is 0 Å². The van der Waals surface area contributed by atoms with Crippen LogP contribution in [0, 0.1) is 6.92 Å². The van der Waals surface area contributed by atoms with Crippen molar-refractivity contribution in [2.45, 2.75) is 32.7 Å². The van der Waals surface area contributed by atoms with E-state index in [1.807, 2.05) is 0 Å². The van der Waals surface area contributed by atoms with Crippen molar-refractivity contribution in [3.8, 4) is 0 Å². The fourth-order valence-electron chi connectivity index (χ4n) is 4.23. The lowest BCUT2D eigenvalue weighted by atomic mass is 9.99. The summed E-state index contributed by atoms with van der Waals surface area (Å²) >= 11 is 0. The first kappa shape index (κ1) is 20.1. The van der Waals surface area contributed by atoms with Crippen LogP contribution < -0.4 is 0 Å². The van der Waals surface area contributed by atoms with Crippen molar-refractivity contribution in [2.75, 3.05) is 6.54 Å². The fraction of sp³-hybridized carbons (Fsp3) is 0.207. The van der Waals surface area contributed by atoms with Gasteiger partial charge in [-0.05, 0) is 41.8 Å². The molecule has 0 amide bonds. The molecule has 0 fully saturated rings. The number of rotatable bonds is 7. The predicted octanol–water partition coefficient (Wildman–Crippen LogP) is 6.97. The summed E-state index contributed by atoms with van der Waals surface area (Å²) in [6.07, 6.45) is 4.55. The number of fused-ring (bicyclic) bond motifs is 1. The number of aryl methyl sites for hydroxylation is 2. The molecule has 0 aliphatic rings. The van der Waals surface area contributed by atoms with Gasteiger partial charge in [0.25, 0.3) is 0 Å². The van der Waals surface area contributed by atoms with Crippen molar-refractivity contribution in [3.05, 3.63) is 119 Å². The SMILES string of the molecule is Cc1cccc(CCC[N+](=Cc2ccccc2)[C@H](C)c2cccc3ccccc23)c1. The largest absolute Gasteiger partial charge is 0.229 e. The van der Waals surface area contributed by atoms with Gasteiger partial charge in [-0.15, -0.1) is 0 Å². The summed E-state index contributed by atoms with van der Waals surface area (Å²) in [6.45, 7) is 5.52. The third-order valence-corrected chi connectivity index (χ3v) is 5.85. The topological polar surface area (TPSA) is 3.01 Å². The highest BCUT2D eigenvalue weighted by atomic mass is 15.0. The van der Waals surface area contributed by atoms with Crippen LogP contribution in [0.4, 0.5) is 0 Å². The smallest absolute Gasteiger partial charge is 0.175 e. The van der Waals surface area contributed by atoms with Crippen LogP contribution in [0.1, 0.15) is 41.6 Å². The zero-order valence-corrected chi connectivity index (χ0v) is 18.0. The average molecular weight is 393 g/mol. The number of benzene rings is 4. The monoisotopic (exact) mass is 392 g/mol. The second-order valence-electron chi connectivity index (χ2n) is 8.11. The van der Waals surface area contributed by atoms with E-state index in [0.29, 0.717) is 6.04 Å². The molecule has 4 rings (SSSR count). The molecule has 1 atom stereocenters. The minimum atomic E-state index is 0.300. The van der Waals surface area contributed by atoms with Crippen LogP contribution in [0.2, 0.25) is 0 Å². The molecule has 0 heterocycles. The van der Waals surface area contributed by atoms with Gasteiger partial charge in [-0.3, -0.25) is 0 Å². The van der Waals surface area contributed by atoms with E-state index < -0.39 is 0 Å². The summed E-state index contributed by atoms with van der Waals surface area (Å²) in [4.78, 5) is 0. The maximum absolute atomic E-state index is 2.51. The van der Waals surface area contributed by atoms with E-state index in [9.17, 15) is 0 Å². The second kappa shape index (κ2) is 9.54. The first-order valence-corrected chi connectivity index (χ1v) is 10.9. The third-order valence-electron chi connectivity index (χ3n) is 5.85. The van der Waals surface area contributed by atoms with E-state index in [0.717, 1.165) is 19.4 Å². The Bertz CT molecular complexity index is 1140. The fourth-order valence-corrected chi connectivity index (χ4v) is 4.23. The van der Waals surface area contributed by atoms with Crippen LogP contribution in [0.5, 0.6) is 0 Å². The van der Waals surface area contributed by atoms with E-state index in [1.54, 1.807) is 0 Å². The molecule has 4 aromatic rings. The quantitative estimate of drug-likeness (QED) is 0.236. The van der Waals surface area contributed by atoms with Gasteiger partial charge < -0.3 is 0 Å². The zero-order valence-electron chi connectivity index (χ0n) is 18.0. The minimum absolute atomic E-state index is 0.300. The molecule has 0 radical (unpaired) electrons. The summed E-state index contributed by atoms with van der Waals surface area (Å²) in [6, 6.07) is 35.2. The van der Waals surface area contributed by atoms with E-state index in [-0.39, 0.29) is 0 Å². The highest BCUT2D eigenvalue weighted by Gasteiger charge is 2.20. The maximum atomic E-state index is 2.51. The van der Waals surface area contributed by atoms with Gasteiger partial charge in [-0.25, -0.2) is 4.58 Å². The summed E-state index contributed by atoms with van der Waals surface area (Å²) in [5.41, 5.74) is 5.40. The van der Waals surface area contributed by atoms with Gasteiger partial charge in [-0.2, -0.15) is 0 Å². The normalized spacial score (nSPS) is 12.8. The molecular weight excluding hydrogens is 362 g/mol. The molecule has 0 aromatic heterocycles. The van der Waals surface area contributed by atoms with E-state index >= 15 is 0 Å². The van der Waals surface area contributed by atoms with Crippen molar-refractivity contribution in [3.63, 3.8) is 0 Å². The van der Waals surface area contributed by atoms with Gasteiger partial charge in [-0.1, -0.05) is 90.5 Å². The molecular formula is C29H30N+. The van der Waals surface area contributed by atoms with Gasteiger partial charge in [0.2, 0.25) is 0 Å². The summed E-state index contributed by atoms with van der Waals surface area (Å²) in [5.74, 6) is 0. The molecule has 0 N–H and O–H groups in total. The van der Waals surface area contributed by atoms with Crippen LogP contribution in [-0.2, 0) is 6.42 Å². The van der Waals surface area contributed by atoms with Gasteiger partial charge in [0.1, 0.15) is 6.54 Å². The zero-order chi connectivity index (χ0) is 20.8. The number of hydrogen-bond acceptors (Lipinski definition) is 0. The van der Waals surface area contributed by atoms with Crippen molar-refractivity contribution in [2.24, 2.45) is 0 Å². The van der Waals surface area contributed by atoms with Crippen molar-refractivity contribution >= 4 is 17.0 Å². The number of hydrogen-bond donors (Lipinski definition) is 0. The predicted molar refractivity (Wildman–Crippen MR) is 129 cm³/mol. The first-order chi connectivity index (χ1) is 14.7. The lowest BCUT2D eigenvalue weighted by Crippen LogP contribution is -2.20. The maximum Gasteiger partial charge on any atom is 0.175 e. The molecule has 0 aliphatic carbocycles. The van der Waals surface area contributed by atoms with Crippen LogP contribution >= 0.6 is 0 Å². The molecule has 0 unspecified atom stereocenters. The van der Waals surface area contributed by atoms with Crippen molar-refractivity contribution < 1.29 is 4.58 Å². The molecule has 1 nitrogen and oxygen atoms in total. The van der Waals surface area contributed by atoms with Crippen molar-refractivity contribution in [1.29, 1.82) is 0 Å². The Kier molecular flexibility index (Phi) is 6.39. The average Bonchev–Trinajstić information content (AvgIpc) is 2.78. The van der Waals surface area contributed by atoms with Crippen molar-refractivity contribution in [1.82, 2.24) is 0 Å². The molecule has 0 saturated heterocycles. The lowest BCUT2D eigenvalue weighted by molar-refractivity contribution is -0.564. The van der Waals surface area contributed by atoms with E-state index in [2.05, 4.69) is 122 Å². The minimum Gasteiger partial charge on any atom is -0.229 e. The van der Waals surface area contributed by atoms with Crippen LogP contribution in [0.25, 0.3) is 10.8 Å². The lowest BCUT2D eigenvalue weighted by Gasteiger charge is -2.15. The summed E-state index contributed by atoms with van der Waals surface area (Å²) in [7, 11) is 0. The van der Waals surface area contributed by atoms with Gasteiger partial charge in [0.05, 0.1) is 0 Å². The van der Waals surface area contributed by atoms with E-state index in [4.69, 9.17) is 0 Å². The summed E-state index contributed by atoms with van der Waals surface area (Å²) < 4.78 is 2.51. The van der Waals surface area contributed by atoms with E-state index in [1.165, 1.54) is 33.0 Å². The van der Waals surface area contributed by atoms with Gasteiger partial charge >= 0.3 is 0 Å². The number of nitrogens with zero attached hydrogens (tertiary/aromatic N) is 1. The molecule has 0 saturated carbocycles. The molecule has 30 heavy (non-hydrogen) atoms. The molecule has 4 aromatic carbocycles. The molecule has 0 bridgehead atoms. The molecule has 0 aliphatic heterocycles. The standard InChI is InChI=1S/C29H30N/c1-23-11-8-14-25(21-23)15-10-20-30(22-26-12-4-3-5-13-26)24(2)28-19-9-17-27-16-6-7-18-29(27)28/h3-9,11-14,16-19,21-22,24H,10,15,20H2,1-2H3/q+1/t24-/m1/s1. The highest BCUT2D eigenvalue weighted by Crippen LogP contribution is 2.26. The van der Waals surface area contributed by atoms with Crippen LogP contribution in [0.15, 0.2) is 97.1 Å². The Labute approximate surface area is 180 Å². The Morgan fingerprint density at radius 3 is 2.37 bits per heavy atom. The third kappa shape index (κ3) is 4.86. The molecule has 150 valence electrons. The highest BCUT2D eigenvalue weighted by molar-refractivity contribution is 5.86. The molecule has 1 heteroatoms. The summed E-state index contributed by atoms with van der Waals surface area (Å²) in [5, 5.41) is 2.65. The van der Waals surface area contributed by atoms with Gasteiger partial charge in [0.15, 0.2) is 12.3 Å². The Morgan fingerprint density at radius 1 is 0.800 bits per heavy atom. The molecule has 0 spiro atoms. The second-order valence-corrected chi connectivity index (χ2v) is 8.11.